The van der Waals surface area contributed by atoms with Gasteiger partial charge in [0, 0.05) is 31.5 Å². The van der Waals surface area contributed by atoms with E-state index in [1.807, 2.05) is 25.1 Å². The normalized spacial score (nSPS) is 11.0. The maximum atomic E-state index is 13.0. The topological polar surface area (TPSA) is 82.2 Å². The zero-order valence-corrected chi connectivity index (χ0v) is 16.2. The molecule has 10 heteroatoms. The van der Waals surface area contributed by atoms with E-state index >= 15 is 0 Å². The van der Waals surface area contributed by atoms with Crippen LogP contribution in [0.25, 0.3) is 0 Å². The number of carbonyl (C=O) groups is 1. The summed E-state index contributed by atoms with van der Waals surface area (Å²) in [5.41, 5.74) is 0.756. The molecule has 3 rings (SSSR count). The third kappa shape index (κ3) is 5.37. The van der Waals surface area contributed by atoms with Crippen molar-refractivity contribution in [3.05, 3.63) is 66.4 Å². The fourth-order valence-corrected chi connectivity index (χ4v) is 2.57. The molecular weight excluding hydrogens is 397 g/mol. The van der Waals surface area contributed by atoms with Gasteiger partial charge in [-0.05, 0) is 36.4 Å². The van der Waals surface area contributed by atoms with Crippen LogP contribution in [0.3, 0.4) is 0 Å². The molecule has 2 aromatic carbocycles. The molecule has 1 heterocycles. The number of nitrogens with one attached hydrogen (secondary N) is 3. The van der Waals surface area contributed by atoms with Gasteiger partial charge in [0.25, 0.3) is 0 Å². The van der Waals surface area contributed by atoms with Crippen molar-refractivity contribution in [3.8, 4) is 0 Å². The summed E-state index contributed by atoms with van der Waals surface area (Å²) in [6.07, 6.45) is -2.93. The van der Waals surface area contributed by atoms with Crippen molar-refractivity contribution < 1.29 is 18.0 Å². The van der Waals surface area contributed by atoms with Crippen LogP contribution in [0.15, 0.2) is 60.8 Å². The second-order valence-corrected chi connectivity index (χ2v) is 6.52. The van der Waals surface area contributed by atoms with Crippen LogP contribution in [0, 0.1) is 0 Å². The number of nitrogens with zero attached hydrogens (tertiary/aromatic N) is 3. The van der Waals surface area contributed by atoms with Gasteiger partial charge in [0.2, 0.25) is 0 Å². The molecule has 3 aromatic rings. The smallest absolute Gasteiger partial charge is 0.376 e. The summed E-state index contributed by atoms with van der Waals surface area (Å²) in [5, 5.41) is 15.7. The number of hydrogen-bond acceptors (Lipinski definition) is 5. The lowest BCUT2D eigenvalue weighted by atomic mass is 10.1. The summed E-state index contributed by atoms with van der Waals surface area (Å²) < 4.78 is 39.1. The van der Waals surface area contributed by atoms with E-state index < -0.39 is 17.8 Å². The number of aromatic nitrogens is 2. The van der Waals surface area contributed by atoms with Gasteiger partial charge in [-0.3, -0.25) is 0 Å². The Bertz CT molecular complexity index is 1020. The molecule has 0 aliphatic heterocycles. The number of rotatable bonds is 5. The summed E-state index contributed by atoms with van der Waals surface area (Å²) >= 11 is 0. The minimum atomic E-state index is -4.57. The van der Waals surface area contributed by atoms with Gasteiger partial charge in [-0.2, -0.15) is 18.3 Å². The average molecular weight is 416 g/mol. The highest BCUT2D eigenvalue weighted by Gasteiger charge is 2.33. The lowest BCUT2D eigenvalue weighted by Gasteiger charge is -2.14. The Morgan fingerprint density at radius 2 is 1.63 bits per heavy atom. The van der Waals surface area contributed by atoms with E-state index in [0.29, 0.717) is 17.2 Å². The molecule has 1 aromatic heterocycles. The minimum Gasteiger partial charge on any atom is -0.376 e. The molecule has 0 radical (unpaired) electrons. The third-order valence-corrected chi connectivity index (χ3v) is 4.05. The summed E-state index contributed by atoms with van der Waals surface area (Å²) in [6, 6.07) is 12.4. The molecular formula is C20H19F3N6O. The molecule has 0 aliphatic rings. The number of carbonyl (C=O) groups excluding carboxylic acids is 1. The SMILES string of the molecule is CN(C)c1cnnc(Nc2ccc(NC(=O)Nc3ccccc3C(F)(F)F)cc2)c1. The van der Waals surface area contributed by atoms with E-state index in [4.69, 9.17) is 0 Å². The van der Waals surface area contributed by atoms with Gasteiger partial charge < -0.3 is 20.9 Å². The third-order valence-electron chi connectivity index (χ3n) is 4.05. The van der Waals surface area contributed by atoms with Crippen molar-refractivity contribution >= 4 is 34.6 Å². The van der Waals surface area contributed by atoms with E-state index in [2.05, 4.69) is 26.1 Å². The number of halogens is 3. The van der Waals surface area contributed by atoms with E-state index in [0.717, 1.165) is 11.8 Å². The minimum absolute atomic E-state index is 0.319. The van der Waals surface area contributed by atoms with Crippen LogP contribution in [0.4, 0.5) is 46.5 Å². The van der Waals surface area contributed by atoms with E-state index in [9.17, 15) is 18.0 Å². The summed E-state index contributed by atoms with van der Waals surface area (Å²) in [5.74, 6) is 0.545. The van der Waals surface area contributed by atoms with Crippen LogP contribution in [0.2, 0.25) is 0 Å². The summed E-state index contributed by atoms with van der Waals surface area (Å²) in [7, 11) is 3.78. The van der Waals surface area contributed by atoms with Gasteiger partial charge >= 0.3 is 12.2 Å². The molecule has 7 nitrogen and oxygen atoms in total. The molecule has 0 saturated heterocycles. The first-order chi connectivity index (χ1) is 14.2. The lowest BCUT2D eigenvalue weighted by molar-refractivity contribution is -0.136. The van der Waals surface area contributed by atoms with Gasteiger partial charge in [0.15, 0.2) is 5.82 Å². The number of benzene rings is 2. The molecule has 0 saturated carbocycles. The number of hydrogen-bond donors (Lipinski definition) is 3. The Hall–Kier alpha value is -3.82. The van der Waals surface area contributed by atoms with Gasteiger partial charge in [0.05, 0.1) is 23.1 Å². The summed E-state index contributed by atoms with van der Waals surface area (Å²) in [6.45, 7) is 0. The standard InChI is InChI=1S/C20H19F3N6O/c1-29(2)15-11-18(28-24-12-15)25-13-7-9-14(10-8-13)26-19(30)27-17-6-4-3-5-16(17)20(21,22)23/h3-12H,1-2H3,(H,25,28)(H2,26,27,30). The van der Waals surface area contributed by atoms with Crippen molar-refractivity contribution in [1.82, 2.24) is 10.2 Å². The van der Waals surface area contributed by atoms with Crippen molar-refractivity contribution in [1.29, 1.82) is 0 Å². The molecule has 2 amide bonds. The van der Waals surface area contributed by atoms with Crippen LogP contribution >= 0.6 is 0 Å². The number of urea groups is 1. The second-order valence-electron chi connectivity index (χ2n) is 6.52. The van der Waals surface area contributed by atoms with Crippen molar-refractivity contribution in [2.24, 2.45) is 0 Å². The predicted octanol–water partition coefficient (Wildman–Crippen LogP) is 4.95. The van der Waals surface area contributed by atoms with Crippen LogP contribution in [0.5, 0.6) is 0 Å². The van der Waals surface area contributed by atoms with E-state index in [1.54, 1.807) is 30.5 Å². The maximum absolute atomic E-state index is 13.0. The zero-order chi connectivity index (χ0) is 21.7. The molecule has 0 bridgehead atoms. The fraction of sp³-hybridized carbons (Fsp3) is 0.150. The number of anilines is 5. The Balaban J connectivity index is 1.64. The number of alkyl halides is 3. The Labute approximate surface area is 170 Å². The van der Waals surface area contributed by atoms with Crippen LogP contribution in [-0.2, 0) is 6.18 Å². The lowest BCUT2D eigenvalue weighted by Crippen LogP contribution is -2.21. The van der Waals surface area contributed by atoms with Crippen LogP contribution < -0.4 is 20.9 Å². The first kappa shape index (κ1) is 20.9. The fourth-order valence-electron chi connectivity index (χ4n) is 2.57. The van der Waals surface area contributed by atoms with E-state index in [1.165, 1.54) is 18.2 Å². The largest absolute Gasteiger partial charge is 0.418 e. The monoisotopic (exact) mass is 416 g/mol. The molecule has 0 atom stereocenters. The highest BCUT2D eigenvalue weighted by atomic mass is 19.4. The van der Waals surface area contributed by atoms with Gasteiger partial charge in [-0.25, -0.2) is 4.79 Å². The van der Waals surface area contributed by atoms with Gasteiger partial charge in [-0.1, -0.05) is 12.1 Å². The van der Waals surface area contributed by atoms with Gasteiger partial charge in [-0.15, -0.1) is 5.10 Å². The molecule has 0 spiro atoms. The van der Waals surface area contributed by atoms with Crippen LogP contribution in [-0.4, -0.2) is 30.3 Å². The summed E-state index contributed by atoms with van der Waals surface area (Å²) in [4.78, 5) is 14.0. The Morgan fingerprint density at radius 3 is 2.30 bits per heavy atom. The average Bonchev–Trinajstić information content (AvgIpc) is 2.69. The Morgan fingerprint density at radius 1 is 0.967 bits per heavy atom. The van der Waals surface area contributed by atoms with E-state index in [-0.39, 0.29) is 5.69 Å². The predicted molar refractivity (Wildman–Crippen MR) is 110 cm³/mol. The highest BCUT2D eigenvalue weighted by molar-refractivity contribution is 6.00. The van der Waals surface area contributed by atoms with Crippen molar-refractivity contribution in [2.75, 3.05) is 34.9 Å². The number of para-hydroxylation sites is 1. The van der Waals surface area contributed by atoms with Crippen LogP contribution in [0.1, 0.15) is 5.56 Å². The zero-order valence-electron chi connectivity index (χ0n) is 16.2. The molecule has 0 aliphatic carbocycles. The maximum Gasteiger partial charge on any atom is 0.418 e. The first-order valence-electron chi connectivity index (χ1n) is 8.84. The molecule has 30 heavy (non-hydrogen) atoms. The van der Waals surface area contributed by atoms with Gasteiger partial charge in [0.1, 0.15) is 0 Å². The first-order valence-corrected chi connectivity index (χ1v) is 8.84. The number of amides is 2. The quantitative estimate of drug-likeness (QED) is 0.548. The molecule has 0 fully saturated rings. The second kappa shape index (κ2) is 8.68. The van der Waals surface area contributed by atoms with Crippen molar-refractivity contribution in [3.63, 3.8) is 0 Å². The Kier molecular flexibility index (Phi) is 6.05. The molecule has 3 N–H and O–H groups in total. The molecule has 0 unspecified atom stereocenters. The van der Waals surface area contributed by atoms with Crippen molar-refractivity contribution in [2.45, 2.75) is 6.18 Å². The molecule has 156 valence electrons. The highest BCUT2D eigenvalue weighted by Crippen LogP contribution is 2.34.